The second kappa shape index (κ2) is 9.49. The number of nitrogens with zero attached hydrogens (tertiary/aromatic N) is 2. The maximum Gasteiger partial charge on any atom is 0.320 e. The van der Waals surface area contributed by atoms with Gasteiger partial charge in [-0.2, -0.15) is 0 Å². The Morgan fingerprint density at radius 2 is 1.53 bits per heavy atom. The van der Waals surface area contributed by atoms with Crippen LogP contribution in [-0.2, 0) is 4.79 Å². The Morgan fingerprint density at radius 3 is 2.33 bits per heavy atom. The molecule has 0 saturated carbocycles. The number of anilines is 1. The minimum absolute atomic E-state index is 0.0258. The Morgan fingerprint density at radius 1 is 0.833 bits per heavy atom. The largest absolute Gasteiger partial charge is 0.326 e. The topological polar surface area (TPSA) is 52.7 Å². The summed E-state index contributed by atoms with van der Waals surface area (Å²) in [5.41, 5.74) is 2.55. The van der Waals surface area contributed by atoms with E-state index in [0.717, 1.165) is 62.1 Å². The van der Waals surface area contributed by atoms with Crippen LogP contribution in [0.3, 0.4) is 0 Å². The van der Waals surface area contributed by atoms with Gasteiger partial charge >= 0.3 is 6.03 Å². The minimum atomic E-state index is -0.177. The fraction of sp³-hybridized carbons (Fsp3) is 0.360. The molecule has 2 aliphatic heterocycles. The van der Waals surface area contributed by atoms with E-state index in [0.29, 0.717) is 6.54 Å². The van der Waals surface area contributed by atoms with Crippen LogP contribution in [0.4, 0.5) is 10.5 Å². The van der Waals surface area contributed by atoms with Crippen LogP contribution in [0, 0.1) is 17.8 Å². The van der Waals surface area contributed by atoms with Crippen molar-refractivity contribution in [2.24, 2.45) is 5.92 Å². The SMILES string of the molecule is O=C(Nc1cccc(C#Cc2ccccc2)c1)C1CCCN(C(=O)N2CCCC2)C1. The molecule has 1 atom stereocenters. The van der Waals surface area contributed by atoms with Crippen molar-refractivity contribution in [3.8, 4) is 11.8 Å². The van der Waals surface area contributed by atoms with E-state index in [4.69, 9.17) is 0 Å². The summed E-state index contributed by atoms with van der Waals surface area (Å²) in [6.45, 7) is 2.91. The lowest BCUT2D eigenvalue weighted by atomic mass is 9.97. The number of nitrogens with one attached hydrogen (secondary N) is 1. The highest BCUT2D eigenvalue weighted by Crippen LogP contribution is 2.21. The van der Waals surface area contributed by atoms with Gasteiger partial charge in [0.2, 0.25) is 5.91 Å². The molecule has 0 aromatic heterocycles. The molecule has 5 heteroatoms. The molecular formula is C25H27N3O2. The number of amides is 3. The summed E-state index contributed by atoms with van der Waals surface area (Å²) >= 11 is 0. The fourth-order valence-corrected chi connectivity index (χ4v) is 4.06. The summed E-state index contributed by atoms with van der Waals surface area (Å²) < 4.78 is 0. The van der Waals surface area contributed by atoms with Crippen molar-refractivity contribution in [1.29, 1.82) is 0 Å². The highest BCUT2D eigenvalue weighted by atomic mass is 16.2. The molecule has 2 aromatic carbocycles. The van der Waals surface area contributed by atoms with Crippen molar-refractivity contribution in [1.82, 2.24) is 9.80 Å². The lowest BCUT2D eigenvalue weighted by Crippen LogP contribution is -2.48. The van der Waals surface area contributed by atoms with Crippen LogP contribution in [0.25, 0.3) is 0 Å². The molecule has 1 N–H and O–H groups in total. The first-order valence-corrected chi connectivity index (χ1v) is 10.7. The van der Waals surface area contributed by atoms with Gasteiger partial charge in [-0.15, -0.1) is 0 Å². The van der Waals surface area contributed by atoms with Gasteiger partial charge in [-0.05, 0) is 56.0 Å². The van der Waals surface area contributed by atoms with Crippen molar-refractivity contribution in [3.05, 3.63) is 65.7 Å². The predicted octanol–water partition coefficient (Wildman–Crippen LogP) is 3.95. The zero-order chi connectivity index (χ0) is 20.8. The number of benzene rings is 2. The van der Waals surface area contributed by atoms with Gasteiger partial charge in [-0.3, -0.25) is 4.79 Å². The van der Waals surface area contributed by atoms with Gasteiger partial charge < -0.3 is 15.1 Å². The molecule has 0 spiro atoms. The van der Waals surface area contributed by atoms with E-state index < -0.39 is 0 Å². The molecule has 2 heterocycles. The summed E-state index contributed by atoms with van der Waals surface area (Å²) in [4.78, 5) is 29.3. The second-order valence-electron chi connectivity index (χ2n) is 7.95. The van der Waals surface area contributed by atoms with Crippen LogP contribution in [0.5, 0.6) is 0 Å². The van der Waals surface area contributed by atoms with Crippen LogP contribution in [-0.4, -0.2) is 47.9 Å². The zero-order valence-electron chi connectivity index (χ0n) is 17.1. The van der Waals surface area contributed by atoms with Crippen molar-refractivity contribution >= 4 is 17.6 Å². The lowest BCUT2D eigenvalue weighted by Gasteiger charge is -2.34. The molecule has 1 unspecified atom stereocenters. The monoisotopic (exact) mass is 401 g/mol. The quantitative estimate of drug-likeness (QED) is 0.775. The van der Waals surface area contributed by atoms with Crippen molar-refractivity contribution in [2.45, 2.75) is 25.7 Å². The average molecular weight is 402 g/mol. The molecule has 4 rings (SSSR count). The molecule has 0 bridgehead atoms. The summed E-state index contributed by atoms with van der Waals surface area (Å²) in [6, 6.07) is 17.5. The number of carbonyl (C=O) groups is 2. The summed E-state index contributed by atoms with van der Waals surface area (Å²) in [5, 5.41) is 3.02. The van der Waals surface area contributed by atoms with Crippen LogP contribution in [0.2, 0.25) is 0 Å². The summed E-state index contributed by atoms with van der Waals surface area (Å²) in [7, 11) is 0. The Labute approximate surface area is 178 Å². The molecule has 30 heavy (non-hydrogen) atoms. The normalized spacial score (nSPS) is 18.5. The molecular weight excluding hydrogens is 374 g/mol. The van der Waals surface area contributed by atoms with Crippen molar-refractivity contribution < 1.29 is 9.59 Å². The number of piperidine rings is 1. The molecule has 2 saturated heterocycles. The molecule has 0 aliphatic carbocycles. The first kappa shape index (κ1) is 20.0. The highest BCUT2D eigenvalue weighted by Gasteiger charge is 2.31. The third-order valence-corrected chi connectivity index (χ3v) is 5.69. The van der Waals surface area contributed by atoms with Gasteiger partial charge in [-0.25, -0.2) is 4.79 Å². The smallest absolute Gasteiger partial charge is 0.320 e. The van der Waals surface area contributed by atoms with E-state index in [2.05, 4.69) is 17.2 Å². The summed E-state index contributed by atoms with van der Waals surface area (Å²) in [5.74, 6) is 6.08. The fourth-order valence-electron chi connectivity index (χ4n) is 4.06. The lowest BCUT2D eigenvalue weighted by molar-refractivity contribution is -0.121. The van der Waals surface area contributed by atoms with E-state index in [1.165, 1.54) is 0 Å². The van der Waals surface area contributed by atoms with Crippen molar-refractivity contribution in [2.75, 3.05) is 31.5 Å². The van der Waals surface area contributed by atoms with Gasteiger partial charge in [0, 0.05) is 43.0 Å². The standard InChI is InChI=1S/C25H27N3O2/c29-24(22-11-7-17-28(19-22)25(30)27-15-4-5-16-27)26-23-12-6-10-21(18-23)14-13-20-8-2-1-3-9-20/h1-3,6,8-10,12,18,22H,4-5,7,11,15-17,19H2,(H,26,29). The van der Waals surface area contributed by atoms with E-state index >= 15 is 0 Å². The average Bonchev–Trinajstić information content (AvgIpc) is 3.33. The van der Waals surface area contributed by atoms with Gasteiger partial charge in [-0.1, -0.05) is 36.1 Å². The van der Waals surface area contributed by atoms with E-state index in [1.54, 1.807) is 0 Å². The van der Waals surface area contributed by atoms with E-state index in [1.807, 2.05) is 64.4 Å². The number of urea groups is 1. The summed E-state index contributed by atoms with van der Waals surface area (Å²) in [6.07, 6.45) is 3.82. The number of likely N-dealkylation sites (tertiary alicyclic amines) is 2. The molecule has 154 valence electrons. The third kappa shape index (κ3) is 5.01. The van der Waals surface area contributed by atoms with Crippen LogP contribution < -0.4 is 5.32 Å². The Hall–Kier alpha value is -3.26. The van der Waals surface area contributed by atoms with Crippen molar-refractivity contribution in [3.63, 3.8) is 0 Å². The van der Waals surface area contributed by atoms with Gasteiger partial charge in [0.25, 0.3) is 0 Å². The maximum atomic E-state index is 12.8. The third-order valence-electron chi connectivity index (χ3n) is 5.69. The molecule has 5 nitrogen and oxygen atoms in total. The Kier molecular flexibility index (Phi) is 6.34. The highest BCUT2D eigenvalue weighted by molar-refractivity contribution is 5.93. The maximum absolute atomic E-state index is 12.8. The molecule has 2 aliphatic rings. The second-order valence-corrected chi connectivity index (χ2v) is 7.95. The van der Waals surface area contributed by atoms with Crippen LogP contribution in [0.15, 0.2) is 54.6 Å². The molecule has 2 aromatic rings. The first-order valence-electron chi connectivity index (χ1n) is 10.7. The van der Waals surface area contributed by atoms with Gasteiger partial charge in [0.05, 0.1) is 5.92 Å². The molecule has 0 radical (unpaired) electrons. The zero-order valence-corrected chi connectivity index (χ0v) is 17.1. The number of hydrogen-bond acceptors (Lipinski definition) is 2. The van der Waals surface area contributed by atoms with Crippen LogP contribution >= 0.6 is 0 Å². The predicted molar refractivity (Wildman–Crippen MR) is 118 cm³/mol. The van der Waals surface area contributed by atoms with Gasteiger partial charge in [0.1, 0.15) is 0 Å². The van der Waals surface area contributed by atoms with Gasteiger partial charge in [0.15, 0.2) is 0 Å². The number of rotatable bonds is 2. The Balaban J connectivity index is 1.37. The Bertz CT molecular complexity index is 955. The number of hydrogen-bond donors (Lipinski definition) is 1. The minimum Gasteiger partial charge on any atom is -0.326 e. The van der Waals surface area contributed by atoms with E-state index in [-0.39, 0.29) is 17.9 Å². The number of carbonyl (C=O) groups excluding carboxylic acids is 2. The van der Waals surface area contributed by atoms with E-state index in [9.17, 15) is 9.59 Å². The van der Waals surface area contributed by atoms with Crippen LogP contribution in [0.1, 0.15) is 36.8 Å². The first-order chi connectivity index (χ1) is 14.7. The molecule has 2 fully saturated rings. The molecule has 3 amide bonds.